The van der Waals surface area contributed by atoms with Gasteiger partial charge in [-0.25, -0.2) is 4.39 Å². The maximum Gasteiger partial charge on any atom is 0.143 e. The Kier molecular flexibility index (Phi) is 1.08. The first kappa shape index (κ1) is 5.35. The number of aryl methyl sites for hydroxylation is 1. The van der Waals surface area contributed by atoms with Crippen LogP contribution in [0.25, 0.3) is 0 Å². The summed E-state index contributed by atoms with van der Waals surface area (Å²) in [7, 11) is 1.82. The van der Waals surface area contributed by atoms with E-state index in [1.165, 1.54) is 6.07 Å². The molecule has 0 atom stereocenters. The molecule has 0 unspecified atom stereocenters. The van der Waals surface area contributed by atoms with Crippen LogP contribution < -0.4 is 0 Å². The van der Waals surface area contributed by atoms with Crippen molar-refractivity contribution >= 4 is 0 Å². The van der Waals surface area contributed by atoms with Crippen molar-refractivity contribution in [3.63, 3.8) is 0 Å². The molecule has 1 heterocycles. The van der Waals surface area contributed by atoms with Gasteiger partial charge in [-0.15, -0.1) is 0 Å². The van der Waals surface area contributed by atoms with E-state index >= 15 is 0 Å². The molecule has 0 aliphatic rings. The van der Waals surface area contributed by atoms with Crippen molar-refractivity contribution in [1.29, 1.82) is 0 Å². The smallest absolute Gasteiger partial charge is 0.143 e. The summed E-state index contributed by atoms with van der Waals surface area (Å²) in [6.45, 7) is 1.75. The fourth-order valence-corrected chi connectivity index (χ4v) is 0.578. The molecule has 0 aliphatic heterocycles. The lowest BCUT2D eigenvalue weighted by molar-refractivity contribution is 0.611. The van der Waals surface area contributed by atoms with E-state index < -0.39 is 0 Å². The minimum atomic E-state index is -0.132. The number of aromatic nitrogens is 1. The lowest BCUT2D eigenvalue weighted by atomic mass is 10.5. The fraction of sp³-hybridized carbons (Fsp3) is 0.333. The van der Waals surface area contributed by atoms with Crippen LogP contribution >= 0.6 is 0 Å². The van der Waals surface area contributed by atoms with Gasteiger partial charge >= 0.3 is 0 Å². The Morgan fingerprint density at radius 1 is 1.62 bits per heavy atom. The molecule has 0 saturated carbocycles. The second kappa shape index (κ2) is 1.62. The number of rotatable bonds is 0. The summed E-state index contributed by atoms with van der Waals surface area (Å²) in [6, 6.07) is 1.45. The molecule has 44 valence electrons. The van der Waals surface area contributed by atoms with E-state index in [1.807, 2.05) is 7.05 Å². The van der Waals surface area contributed by atoms with Crippen LogP contribution in [0.4, 0.5) is 4.39 Å². The molecule has 0 radical (unpaired) electrons. The third-order valence-corrected chi connectivity index (χ3v) is 1.32. The lowest BCUT2D eigenvalue weighted by Gasteiger charge is -1.91. The molecule has 2 heteroatoms. The van der Waals surface area contributed by atoms with Gasteiger partial charge in [-0.1, -0.05) is 0 Å². The Morgan fingerprint density at radius 3 is 2.38 bits per heavy atom. The second-order valence-electron chi connectivity index (χ2n) is 1.86. The van der Waals surface area contributed by atoms with Crippen LogP contribution in [0.15, 0.2) is 12.3 Å². The third-order valence-electron chi connectivity index (χ3n) is 1.32. The summed E-state index contributed by atoms with van der Waals surface area (Å²) in [5, 5.41) is 0. The average Bonchev–Trinajstić information content (AvgIpc) is 1.98. The van der Waals surface area contributed by atoms with Gasteiger partial charge in [-0.3, -0.25) is 0 Å². The zero-order chi connectivity index (χ0) is 6.15. The van der Waals surface area contributed by atoms with Gasteiger partial charge in [0.15, 0.2) is 0 Å². The highest BCUT2D eigenvalue weighted by Crippen LogP contribution is 2.03. The average molecular weight is 113 g/mol. The van der Waals surface area contributed by atoms with E-state index in [0.29, 0.717) is 5.69 Å². The van der Waals surface area contributed by atoms with E-state index in [9.17, 15) is 4.39 Å². The van der Waals surface area contributed by atoms with Gasteiger partial charge in [0.2, 0.25) is 0 Å². The number of hydrogen-bond donors (Lipinski definition) is 0. The molecule has 0 fully saturated rings. The van der Waals surface area contributed by atoms with E-state index in [-0.39, 0.29) is 5.82 Å². The molecular weight excluding hydrogens is 105 g/mol. The molecule has 1 aromatic heterocycles. The predicted molar refractivity (Wildman–Crippen MR) is 30.1 cm³/mol. The van der Waals surface area contributed by atoms with Crippen LogP contribution in [0.1, 0.15) is 5.69 Å². The zero-order valence-electron chi connectivity index (χ0n) is 4.98. The Bertz CT molecular complexity index is 171. The monoisotopic (exact) mass is 113 g/mol. The van der Waals surface area contributed by atoms with Gasteiger partial charge in [0.05, 0.1) is 5.69 Å². The molecule has 8 heavy (non-hydrogen) atoms. The molecule has 1 rings (SSSR count). The van der Waals surface area contributed by atoms with Crippen LogP contribution in [-0.2, 0) is 7.05 Å². The Labute approximate surface area is 47.7 Å². The lowest BCUT2D eigenvalue weighted by Crippen LogP contribution is -1.87. The highest BCUT2D eigenvalue weighted by atomic mass is 19.1. The molecule has 0 spiro atoms. The summed E-state index contributed by atoms with van der Waals surface area (Å²) in [5.74, 6) is -0.132. The highest BCUT2D eigenvalue weighted by molar-refractivity contribution is 5.06. The maximum absolute atomic E-state index is 12.3. The maximum atomic E-state index is 12.3. The highest BCUT2D eigenvalue weighted by Gasteiger charge is 1.96. The topological polar surface area (TPSA) is 4.93 Å². The van der Waals surface area contributed by atoms with Crippen LogP contribution in [0.3, 0.4) is 0 Å². The first-order valence-corrected chi connectivity index (χ1v) is 2.49. The number of halogens is 1. The first-order valence-electron chi connectivity index (χ1n) is 2.49. The minimum Gasteiger partial charge on any atom is -0.352 e. The van der Waals surface area contributed by atoms with E-state index in [2.05, 4.69) is 0 Å². The Balaban J connectivity index is 3.19. The van der Waals surface area contributed by atoms with Crippen molar-refractivity contribution in [2.24, 2.45) is 7.05 Å². The van der Waals surface area contributed by atoms with Gasteiger partial charge < -0.3 is 4.57 Å². The largest absolute Gasteiger partial charge is 0.352 e. The van der Waals surface area contributed by atoms with Crippen molar-refractivity contribution < 1.29 is 4.39 Å². The Hall–Kier alpha value is -0.790. The van der Waals surface area contributed by atoms with Crippen molar-refractivity contribution in [2.75, 3.05) is 0 Å². The van der Waals surface area contributed by atoms with E-state index in [0.717, 1.165) is 0 Å². The zero-order valence-corrected chi connectivity index (χ0v) is 4.98. The molecular formula is C6H8FN. The second-order valence-corrected chi connectivity index (χ2v) is 1.86. The predicted octanol–water partition coefficient (Wildman–Crippen LogP) is 1.47. The van der Waals surface area contributed by atoms with Crippen LogP contribution in [0, 0.1) is 12.7 Å². The summed E-state index contributed by atoms with van der Waals surface area (Å²) in [5.41, 5.74) is 0.685. The first-order chi connectivity index (χ1) is 3.72. The summed E-state index contributed by atoms with van der Waals surface area (Å²) in [4.78, 5) is 0. The van der Waals surface area contributed by atoms with Gasteiger partial charge in [-0.05, 0) is 13.0 Å². The summed E-state index contributed by atoms with van der Waals surface area (Å²) >= 11 is 0. The standard InChI is InChI=1S/C6H8FN/c1-5-6(7)3-4-8(5)2/h3-4H,1-2H3. The normalized spacial score (nSPS) is 9.88. The number of hydrogen-bond acceptors (Lipinski definition) is 0. The quantitative estimate of drug-likeness (QED) is 0.480. The van der Waals surface area contributed by atoms with Crippen molar-refractivity contribution in [3.05, 3.63) is 23.8 Å². The summed E-state index contributed by atoms with van der Waals surface area (Å²) in [6.07, 6.45) is 1.70. The summed E-state index contributed by atoms with van der Waals surface area (Å²) < 4.78 is 14.1. The molecule has 0 bridgehead atoms. The molecule has 0 N–H and O–H groups in total. The van der Waals surface area contributed by atoms with E-state index in [1.54, 1.807) is 17.7 Å². The van der Waals surface area contributed by atoms with Gasteiger partial charge in [-0.2, -0.15) is 0 Å². The number of nitrogens with zero attached hydrogens (tertiary/aromatic N) is 1. The van der Waals surface area contributed by atoms with Crippen LogP contribution in [0.2, 0.25) is 0 Å². The molecule has 1 nitrogen and oxygen atoms in total. The molecule has 0 aromatic carbocycles. The van der Waals surface area contributed by atoms with Crippen molar-refractivity contribution in [2.45, 2.75) is 6.92 Å². The molecule has 0 amide bonds. The third kappa shape index (κ3) is 0.619. The minimum absolute atomic E-state index is 0.132. The van der Waals surface area contributed by atoms with Gasteiger partial charge in [0, 0.05) is 13.2 Å². The Morgan fingerprint density at radius 2 is 2.25 bits per heavy atom. The van der Waals surface area contributed by atoms with Gasteiger partial charge in [0.25, 0.3) is 0 Å². The molecule has 0 aliphatic carbocycles. The van der Waals surface area contributed by atoms with E-state index in [4.69, 9.17) is 0 Å². The fourth-order valence-electron chi connectivity index (χ4n) is 0.578. The van der Waals surface area contributed by atoms with Crippen molar-refractivity contribution in [1.82, 2.24) is 4.57 Å². The molecule has 1 aromatic rings. The van der Waals surface area contributed by atoms with Crippen LogP contribution in [-0.4, -0.2) is 4.57 Å². The van der Waals surface area contributed by atoms with Crippen molar-refractivity contribution in [3.8, 4) is 0 Å². The van der Waals surface area contributed by atoms with Crippen LogP contribution in [0.5, 0.6) is 0 Å². The van der Waals surface area contributed by atoms with Gasteiger partial charge in [0.1, 0.15) is 5.82 Å². The SMILES string of the molecule is Cc1c(F)ccn1C. The molecule has 0 saturated heterocycles.